The molecule has 7 nitrogen and oxygen atoms in total. The van der Waals surface area contributed by atoms with E-state index in [0.717, 1.165) is 0 Å². The van der Waals surface area contributed by atoms with Crippen molar-refractivity contribution in [3.63, 3.8) is 0 Å². The first-order chi connectivity index (χ1) is 8.88. The topological polar surface area (TPSA) is 96.6 Å². The fraction of sp³-hybridized carbons (Fsp3) is 0.455. The molecule has 19 heavy (non-hydrogen) atoms. The molecular formula is C11H16N4O3S. The van der Waals surface area contributed by atoms with Crippen LogP contribution in [0.5, 0.6) is 0 Å². The van der Waals surface area contributed by atoms with E-state index >= 15 is 0 Å². The second-order valence-corrected chi connectivity index (χ2v) is 6.41. The van der Waals surface area contributed by atoms with Crippen molar-refractivity contribution >= 4 is 21.6 Å². The number of carbonyl (C=O) groups excluding carboxylic acids is 1. The number of sulfonamides is 1. The monoisotopic (exact) mass is 284 g/mol. The number of aromatic nitrogens is 1. The van der Waals surface area contributed by atoms with Crippen LogP contribution in [0, 0.1) is 0 Å². The maximum absolute atomic E-state index is 12.1. The maximum Gasteiger partial charge on any atom is 0.272 e. The number of anilines is 1. The first-order valence-electron chi connectivity index (χ1n) is 5.84. The Balaban J connectivity index is 2.02. The zero-order valence-corrected chi connectivity index (χ0v) is 11.4. The molecule has 0 unspecified atom stereocenters. The van der Waals surface area contributed by atoms with Gasteiger partial charge in [0.05, 0.1) is 18.1 Å². The van der Waals surface area contributed by atoms with Crippen molar-refractivity contribution in [2.75, 3.05) is 38.2 Å². The van der Waals surface area contributed by atoms with E-state index in [-0.39, 0.29) is 5.91 Å². The molecule has 104 valence electrons. The standard InChI is InChI=1S/C11H16N4O3S/c1-19(17,18)15-6-4-14(5-7-15)11(16)10-3-2-9(12)8-13-10/h2-3,8H,4-7,12H2,1H3. The largest absolute Gasteiger partial charge is 0.397 e. The summed E-state index contributed by atoms with van der Waals surface area (Å²) in [5, 5.41) is 0. The van der Waals surface area contributed by atoms with Crippen LogP contribution >= 0.6 is 0 Å². The third-order valence-corrected chi connectivity index (χ3v) is 4.30. The zero-order chi connectivity index (χ0) is 14.0. The molecule has 0 aromatic carbocycles. The summed E-state index contributed by atoms with van der Waals surface area (Å²) < 4.78 is 24.1. The molecule has 1 fully saturated rings. The number of hydrogen-bond donors (Lipinski definition) is 1. The summed E-state index contributed by atoms with van der Waals surface area (Å²) in [5.41, 5.74) is 6.33. The van der Waals surface area contributed by atoms with E-state index in [9.17, 15) is 13.2 Å². The second-order valence-electron chi connectivity index (χ2n) is 4.43. The molecule has 1 aromatic rings. The van der Waals surface area contributed by atoms with E-state index < -0.39 is 10.0 Å². The summed E-state index contributed by atoms with van der Waals surface area (Å²) in [6.07, 6.45) is 2.60. The van der Waals surface area contributed by atoms with E-state index in [4.69, 9.17) is 5.73 Å². The van der Waals surface area contributed by atoms with Gasteiger partial charge in [0.1, 0.15) is 5.69 Å². The smallest absolute Gasteiger partial charge is 0.272 e. The number of rotatable bonds is 2. The van der Waals surface area contributed by atoms with E-state index in [1.807, 2.05) is 0 Å². The molecule has 0 radical (unpaired) electrons. The van der Waals surface area contributed by atoms with Gasteiger partial charge in [-0.05, 0) is 12.1 Å². The molecule has 2 N–H and O–H groups in total. The highest BCUT2D eigenvalue weighted by Crippen LogP contribution is 2.10. The summed E-state index contributed by atoms with van der Waals surface area (Å²) in [6.45, 7) is 1.38. The Bertz CT molecular complexity index is 562. The number of pyridine rings is 1. The summed E-state index contributed by atoms with van der Waals surface area (Å²) in [4.78, 5) is 17.7. The number of amides is 1. The number of nitrogen functional groups attached to an aromatic ring is 1. The molecule has 1 aliphatic rings. The van der Waals surface area contributed by atoms with Crippen LogP contribution in [0.25, 0.3) is 0 Å². The lowest BCUT2D eigenvalue weighted by Crippen LogP contribution is -2.50. The quantitative estimate of drug-likeness (QED) is 0.781. The number of nitrogens with zero attached hydrogens (tertiary/aromatic N) is 3. The van der Waals surface area contributed by atoms with Gasteiger partial charge in [-0.15, -0.1) is 0 Å². The summed E-state index contributed by atoms with van der Waals surface area (Å²) in [5.74, 6) is -0.201. The van der Waals surface area contributed by atoms with Gasteiger partial charge in [0.25, 0.3) is 5.91 Å². The van der Waals surface area contributed by atoms with E-state index in [1.165, 1.54) is 16.8 Å². The molecule has 1 aromatic heterocycles. The molecule has 0 atom stereocenters. The zero-order valence-electron chi connectivity index (χ0n) is 10.6. The van der Waals surface area contributed by atoms with Crippen molar-refractivity contribution in [2.45, 2.75) is 0 Å². The predicted molar refractivity (Wildman–Crippen MR) is 71.0 cm³/mol. The minimum Gasteiger partial charge on any atom is -0.397 e. The molecule has 0 spiro atoms. The van der Waals surface area contributed by atoms with Crippen LogP contribution < -0.4 is 5.73 Å². The summed E-state index contributed by atoms with van der Waals surface area (Å²) in [7, 11) is -3.18. The molecule has 2 rings (SSSR count). The van der Waals surface area contributed by atoms with Crippen molar-refractivity contribution in [3.8, 4) is 0 Å². The fourth-order valence-corrected chi connectivity index (χ4v) is 2.74. The molecule has 8 heteroatoms. The second kappa shape index (κ2) is 5.14. The molecule has 1 amide bonds. The van der Waals surface area contributed by atoms with Crippen LogP contribution in [-0.2, 0) is 10.0 Å². The first-order valence-corrected chi connectivity index (χ1v) is 7.68. The average molecular weight is 284 g/mol. The highest BCUT2D eigenvalue weighted by molar-refractivity contribution is 7.88. The van der Waals surface area contributed by atoms with Crippen molar-refractivity contribution in [1.29, 1.82) is 0 Å². The Morgan fingerprint density at radius 3 is 2.37 bits per heavy atom. The number of carbonyl (C=O) groups is 1. The van der Waals surface area contributed by atoms with Gasteiger partial charge in [0.2, 0.25) is 10.0 Å². The number of hydrogen-bond acceptors (Lipinski definition) is 5. The van der Waals surface area contributed by atoms with Gasteiger partial charge in [0, 0.05) is 26.2 Å². The minimum atomic E-state index is -3.18. The first kappa shape index (κ1) is 13.8. The maximum atomic E-state index is 12.1. The molecular weight excluding hydrogens is 268 g/mol. The molecule has 0 saturated carbocycles. The van der Waals surface area contributed by atoms with E-state index in [1.54, 1.807) is 17.0 Å². The highest BCUT2D eigenvalue weighted by atomic mass is 32.2. The van der Waals surface area contributed by atoms with E-state index in [2.05, 4.69) is 4.98 Å². The third kappa shape index (κ3) is 3.21. The Kier molecular flexibility index (Phi) is 3.72. The van der Waals surface area contributed by atoms with Gasteiger partial charge in [-0.25, -0.2) is 13.4 Å². The van der Waals surface area contributed by atoms with Gasteiger partial charge in [0.15, 0.2) is 0 Å². The van der Waals surface area contributed by atoms with Crippen molar-refractivity contribution < 1.29 is 13.2 Å². The van der Waals surface area contributed by atoms with Gasteiger partial charge < -0.3 is 10.6 Å². The summed E-state index contributed by atoms with van der Waals surface area (Å²) in [6, 6.07) is 3.19. The van der Waals surface area contributed by atoms with Crippen LogP contribution in [0.15, 0.2) is 18.3 Å². The van der Waals surface area contributed by atoms with Crippen LogP contribution in [-0.4, -0.2) is 60.9 Å². The van der Waals surface area contributed by atoms with Crippen LogP contribution in [0.4, 0.5) is 5.69 Å². The predicted octanol–water partition coefficient (Wildman–Crippen LogP) is -0.619. The Hall–Kier alpha value is -1.67. The fourth-order valence-electron chi connectivity index (χ4n) is 1.92. The minimum absolute atomic E-state index is 0.201. The third-order valence-electron chi connectivity index (χ3n) is 3.00. The lowest BCUT2D eigenvalue weighted by molar-refractivity contribution is 0.0692. The molecule has 0 aliphatic carbocycles. The van der Waals surface area contributed by atoms with Gasteiger partial charge >= 0.3 is 0 Å². The van der Waals surface area contributed by atoms with Crippen LogP contribution in [0.2, 0.25) is 0 Å². The Labute approximate surface area is 112 Å². The van der Waals surface area contributed by atoms with Gasteiger partial charge in [-0.3, -0.25) is 4.79 Å². The molecule has 1 aliphatic heterocycles. The normalized spacial score (nSPS) is 17.4. The molecule has 0 bridgehead atoms. The Morgan fingerprint density at radius 2 is 1.89 bits per heavy atom. The highest BCUT2D eigenvalue weighted by Gasteiger charge is 2.26. The SMILES string of the molecule is CS(=O)(=O)N1CCN(C(=O)c2ccc(N)cn2)CC1. The van der Waals surface area contributed by atoms with Crippen molar-refractivity contribution in [1.82, 2.24) is 14.2 Å². The van der Waals surface area contributed by atoms with Gasteiger partial charge in [-0.1, -0.05) is 0 Å². The number of piperazine rings is 1. The number of nitrogens with two attached hydrogens (primary N) is 1. The van der Waals surface area contributed by atoms with Crippen molar-refractivity contribution in [3.05, 3.63) is 24.0 Å². The summed E-state index contributed by atoms with van der Waals surface area (Å²) >= 11 is 0. The van der Waals surface area contributed by atoms with Crippen LogP contribution in [0.1, 0.15) is 10.5 Å². The lowest BCUT2D eigenvalue weighted by Gasteiger charge is -2.33. The lowest BCUT2D eigenvalue weighted by atomic mass is 10.2. The van der Waals surface area contributed by atoms with Crippen molar-refractivity contribution in [2.24, 2.45) is 0 Å². The molecule has 2 heterocycles. The van der Waals surface area contributed by atoms with Gasteiger partial charge in [-0.2, -0.15) is 4.31 Å². The average Bonchev–Trinajstić information content (AvgIpc) is 2.38. The molecule has 1 saturated heterocycles. The Morgan fingerprint density at radius 1 is 1.26 bits per heavy atom. The van der Waals surface area contributed by atoms with E-state index in [0.29, 0.717) is 37.6 Å². The van der Waals surface area contributed by atoms with Crippen LogP contribution in [0.3, 0.4) is 0 Å².